The molecule has 2 aliphatic rings. The molecule has 0 spiro atoms. The lowest BCUT2D eigenvalue weighted by Crippen LogP contribution is -2.53. The molecule has 1 heterocycles. The van der Waals surface area contributed by atoms with Crippen LogP contribution in [0.5, 0.6) is 0 Å². The van der Waals surface area contributed by atoms with Crippen molar-refractivity contribution in [2.24, 2.45) is 0 Å². The van der Waals surface area contributed by atoms with Gasteiger partial charge in [-0.25, -0.2) is 8.42 Å². The van der Waals surface area contributed by atoms with E-state index in [-0.39, 0.29) is 22.8 Å². The van der Waals surface area contributed by atoms with Gasteiger partial charge in [-0.2, -0.15) is 4.31 Å². The minimum atomic E-state index is -3.65. The Morgan fingerprint density at radius 1 is 1.10 bits per heavy atom. The largest absolute Gasteiger partial charge is 0.349 e. The maximum atomic E-state index is 13.0. The van der Waals surface area contributed by atoms with Crippen molar-refractivity contribution in [2.75, 3.05) is 13.1 Å². The zero-order chi connectivity index (χ0) is 21.8. The van der Waals surface area contributed by atoms with Crippen LogP contribution in [0.3, 0.4) is 0 Å². The van der Waals surface area contributed by atoms with Crippen molar-refractivity contribution >= 4 is 21.8 Å². The van der Waals surface area contributed by atoms with Crippen LogP contribution >= 0.6 is 0 Å². The summed E-state index contributed by atoms with van der Waals surface area (Å²) in [7, 11) is -3.65. The molecule has 0 bridgehead atoms. The SMILES string of the molecule is C=CC(=O)NC1(C)CCN(S(=O)(=O)c2ccc(C(=O)NC3CCCCC3)cc2)CC1. The van der Waals surface area contributed by atoms with E-state index in [0.717, 1.165) is 25.7 Å². The zero-order valence-electron chi connectivity index (χ0n) is 17.5. The number of sulfonamides is 1. The molecule has 8 heteroatoms. The number of rotatable bonds is 6. The monoisotopic (exact) mass is 433 g/mol. The van der Waals surface area contributed by atoms with Crippen molar-refractivity contribution in [3.8, 4) is 0 Å². The van der Waals surface area contributed by atoms with Crippen LogP contribution in [-0.4, -0.2) is 49.2 Å². The number of benzene rings is 1. The third-order valence-electron chi connectivity index (χ3n) is 6.13. The first-order valence-corrected chi connectivity index (χ1v) is 12.0. The number of hydrogen-bond donors (Lipinski definition) is 2. The molecule has 164 valence electrons. The Bertz CT molecular complexity index is 881. The van der Waals surface area contributed by atoms with Gasteiger partial charge >= 0.3 is 0 Å². The average molecular weight is 434 g/mol. The number of piperidine rings is 1. The third-order valence-corrected chi connectivity index (χ3v) is 8.04. The number of nitrogens with one attached hydrogen (secondary N) is 2. The Hall–Kier alpha value is -2.19. The molecular weight excluding hydrogens is 402 g/mol. The Morgan fingerprint density at radius 3 is 2.27 bits per heavy atom. The molecule has 7 nitrogen and oxygen atoms in total. The Labute approximate surface area is 179 Å². The van der Waals surface area contributed by atoms with Gasteiger partial charge in [-0.05, 0) is 62.9 Å². The van der Waals surface area contributed by atoms with Crippen molar-refractivity contribution in [1.82, 2.24) is 14.9 Å². The molecule has 3 rings (SSSR count). The first-order valence-electron chi connectivity index (χ1n) is 10.6. The highest BCUT2D eigenvalue weighted by Crippen LogP contribution is 2.27. The summed E-state index contributed by atoms with van der Waals surface area (Å²) in [6.45, 7) is 6.01. The molecule has 2 fully saturated rings. The Kier molecular flexibility index (Phi) is 6.98. The summed E-state index contributed by atoms with van der Waals surface area (Å²) in [4.78, 5) is 24.2. The molecule has 1 saturated heterocycles. The second-order valence-corrected chi connectivity index (χ2v) is 10.4. The highest BCUT2D eigenvalue weighted by molar-refractivity contribution is 7.89. The fraction of sp³-hybridized carbons (Fsp3) is 0.545. The van der Waals surface area contributed by atoms with E-state index in [2.05, 4.69) is 17.2 Å². The summed E-state index contributed by atoms with van der Waals surface area (Å²) in [6, 6.07) is 6.35. The first kappa shape index (κ1) is 22.5. The second kappa shape index (κ2) is 9.31. The highest BCUT2D eigenvalue weighted by atomic mass is 32.2. The normalized spacial score (nSPS) is 20.3. The lowest BCUT2D eigenvalue weighted by molar-refractivity contribution is -0.118. The van der Waals surface area contributed by atoms with Gasteiger partial charge in [0.15, 0.2) is 0 Å². The van der Waals surface area contributed by atoms with E-state index in [9.17, 15) is 18.0 Å². The molecule has 0 radical (unpaired) electrons. The molecule has 1 aliphatic heterocycles. The van der Waals surface area contributed by atoms with E-state index in [1.165, 1.54) is 28.9 Å². The fourth-order valence-electron chi connectivity index (χ4n) is 4.14. The summed E-state index contributed by atoms with van der Waals surface area (Å²) >= 11 is 0. The topological polar surface area (TPSA) is 95.6 Å². The summed E-state index contributed by atoms with van der Waals surface area (Å²) in [6.07, 6.45) is 7.75. The standard InChI is InChI=1S/C22H31N3O4S/c1-3-20(26)24-22(2)13-15-25(16-14-22)30(28,29)19-11-9-17(10-12-19)21(27)23-18-7-5-4-6-8-18/h3,9-12,18H,1,4-8,13-16H2,2H3,(H,23,27)(H,24,26). The summed E-state index contributed by atoms with van der Waals surface area (Å²) in [5.74, 6) is -0.409. The molecular formula is C22H31N3O4S. The summed E-state index contributed by atoms with van der Waals surface area (Å²) in [5, 5.41) is 5.93. The lowest BCUT2D eigenvalue weighted by atomic mass is 9.90. The average Bonchev–Trinajstić information content (AvgIpc) is 2.74. The predicted molar refractivity (Wildman–Crippen MR) is 116 cm³/mol. The van der Waals surface area contributed by atoms with Crippen molar-refractivity contribution in [3.63, 3.8) is 0 Å². The highest BCUT2D eigenvalue weighted by Gasteiger charge is 2.36. The van der Waals surface area contributed by atoms with Gasteiger partial charge in [0.2, 0.25) is 15.9 Å². The molecule has 0 aromatic heterocycles. The van der Waals surface area contributed by atoms with Crippen molar-refractivity contribution in [2.45, 2.75) is 68.3 Å². The molecule has 1 aromatic carbocycles. The van der Waals surface area contributed by atoms with Crippen LogP contribution in [0.1, 0.15) is 62.2 Å². The third kappa shape index (κ3) is 5.29. The molecule has 30 heavy (non-hydrogen) atoms. The van der Waals surface area contributed by atoms with Crippen LogP contribution in [-0.2, 0) is 14.8 Å². The Balaban J connectivity index is 1.62. The van der Waals surface area contributed by atoms with Gasteiger partial charge in [0.1, 0.15) is 0 Å². The minimum Gasteiger partial charge on any atom is -0.349 e. The second-order valence-electron chi connectivity index (χ2n) is 8.49. The van der Waals surface area contributed by atoms with E-state index >= 15 is 0 Å². The van der Waals surface area contributed by atoms with Crippen LogP contribution < -0.4 is 10.6 Å². The first-order chi connectivity index (χ1) is 14.2. The van der Waals surface area contributed by atoms with Crippen LogP contribution in [0.25, 0.3) is 0 Å². The van der Waals surface area contributed by atoms with E-state index in [1.807, 2.05) is 6.92 Å². The molecule has 1 saturated carbocycles. The van der Waals surface area contributed by atoms with Gasteiger partial charge in [-0.3, -0.25) is 9.59 Å². The molecule has 0 atom stereocenters. The van der Waals surface area contributed by atoms with Crippen LogP contribution in [0.4, 0.5) is 0 Å². The van der Waals surface area contributed by atoms with Gasteiger partial charge in [-0.1, -0.05) is 25.8 Å². The summed E-state index contributed by atoms with van der Waals surface area (Å²) < 4.78 is 27.4. The van der Waals surface area contributed by atoms with Crippen molar-refractivity contribution in [3.05, 3.63) is 42.5 Å². The zero-order valence-corrected chi connectivity index (χ0v) is 18.3. The number of carbonyl (C=O) groups excluding carboxylic acids is 2. The van der Waals surface area contributed by atoms with Crippen LogP contribution in [0.2, 0.25) is 0 Å². The Morgan fingerprint density at radius 2 is 1.70 bits per heavy atom. The maximum absolute atomic E-state index is 13.0. The van der Waals surface area contributed by atoms with Crippen molar-refractivity contribution in [1.29, 1.82) is 0 Å². The number of carbonyl (C=O) groups is 2. The molecule has 0 unspecified atom stereocenters. The molecule has 2 N–H and O–H groups in total. The molecule has 1 aliphatic carbocycles. The molecule has 2 amide bonds. The smallest absolute Gasteiger partial charge is 0.251 e. The van der Waals surface area contributed by atoms with E-state index in [0.29, 0.717) is 31.5 Å². The lowest BCUT2D eigenvalue weighted by Gasteiger charge is -2.39. The summed E-state index contributed by atoms with van der Waals surface area (Å²) in [5.41, 5.74) is 0.0242. The number of hydrogen-bond acceptors (Lipinski definition) is 4. The van der Waals surface area contributed by atoms with Gasteiger partial charge in [0, 0.05) is 30.2 Å². The van der Waals surface area contributed by atoms with Gasteiger partial charge < -0.3 is 10.6 Å². The number of amides is 2. The van der Waals surface area contributed by atoms with E-state index < -0.39 is 15.6 Å². The predicted octanol–water partition coefficient (Wildman–Crippen LogP) is 2.59. The maximum Gasteiger partial charge on any atom is 0.251 e. The van der Waals surface area contributed by atoms with E-state index in [1.54, 1.807) is 12.1 Å². The van der Waals surface area contributed by atoms with E-state index in [4.69, 9.17) is 0 Å². The van der Waals surface area contributed by atoms with Crippen molar-refractivity contribution < 1.29 is 18.0 Å². The van der Waals surface area contributed by atoms with Gasteiger partial charge in [-0.15, -0.1) is 0 Å². The van der Waals surface area contributed by atoms with Crippen LogP contribution in [0.15, 0.2) is 41.8 Å². The quantitative estimate of drug-likeness (QED) is 0.674. The fourth-order valence-corrected chi connectivity index (χ4v) is 5.58. The number of nitrogens with zero attached hydrogens (tertiary/aromatic N) is 1. The van der Waals surface area contributed by atoms with Gasteiger partial charge in [0.25, 0.3) is 5.91 Å². The molecule has 1 aromatic rings. The van der Waals surface area contributed by atoms with Gasteiger partial charge in [0.05, 0.1) is 4.90 Å². The minimum absolute atomic E-state index is 0.155. The van der Waals surface area contributed by atoms with Crippen LogP contribution in [0, 0.1) is 0 Å².